The van der Waals surface area contributed by atoms with Crippen molar-refractivity contribution in [2.45, 2.75) is 56.7 Å². The first-order valence-corrected chi connectivity index (χ1v) is 10.0. The largest absolute Gasteiger partial charge is 0.394 e. The molecule has 1 aromatic carbocycles. The molecule has 1 saturated carbocycles. The molecule has 0 aromatic heterocycles. The van der Waals surface area contributed by atoms with Crippen LogP contribution in [-0.4, -0.2) is 64.2 Å². The minimum atomic E-state index is -0.379. The fourth-order valence-corrected chi connectivity index (χ4v) is 4.97. The smallest absolute Gasteiger partial charge is 0.317 e. The van der Waals surface area contributed by atoms with Crippen molar-refractivity contribution < 1.29 is 14.7 Å². The van der Waals surface area contributed by atoms with Crippen LogP contribution >= 0.6 is 0 Å². The van der Waals surface area contributed by atoms with Gasteiger partial charge in [-0.2, -0.15) is 0 Å². The highest BCUT2D eigenvalue weighted by Gasteiger charge is 2.68. The predicted octanol–water partition coefficient (Wildman–Crippen LogP) is 1.95. The van der Waals surface area contributed by atoms with E-state index in [1.54, 1.807) is 4.90 Å². The summed E-state index contributed by atoms with van der Waals surface area (Å²) in [5.41, 5.74) is 0.758. The molecule has 4 rings (SSSR count). The molecule has 3 aliphatic rings. The van der Waals surface area contributed by atoms with Crippen molar-refractivity contribution in [3.05, 3.63) is 35.9 Å². The summed E-state index contributed by atoms with van der Waals surface area (Å²) in [7, 11) is 0. The molecular weight excluding hydrogens is 342 g/mol. The number of benzene rings is 1. The van der Waals surface area contributed by atoms with E-state index in [1.165, 1.54) is 0 Å². The van der Waals surface area contributed by atoms with Gasteiger partial charge in [0, 0.05) is 31.0 Å². The molecule has 2 heterocycles. The van der Waals surface area contributed by atoms with Crippen LogP contribution in [0, 0.1) is 5.92 Å². The van der Waals surface area contributed by atoms with Gasteiger partial charge in [0.15, 0.2) is 0 Å². The number of rotatable bonds is 4. The number of urea groups is 1. The molecule has 1 aromatic rings. The molecule has 3 fully saturated rings. The van der Waals surface area contributed by atoms with Crippen LogP contribution in [0.5, 0.6) is 0 Å². The molecule has 6 heteroatoms. The fourth-order valence-electron chi connectivity index (χ4n) is 4.97. The molecule has 0 unspecified atom stereocenters. The summed E-state index contributed by atoms with van der Waals surface area (Å²) >= 11 is 0. The number of aliphatic hydroxyl groups excluding tert-OH is 1. The number of carbonyl (C=O) groups excluding carboxylic acids is 2. The van der Waals surface area contributed by atoms with Gasteiger partial charge in [0.05, 0.1) is 18.2 Å². The molecule has 27 heavy (non-hydrogen) atoms. The average Bonchev–Trinajstić information content (AvgIpc) is 2.51. The molecule has 146 valence electrons. The minimum absolute atomic E-state index is 0.0437. The van der Waals surface area contributed by atoms with Crippen molar-refractivity contribution in [2.24, 2.45) is 5.92 Å². The number of carbonyl (C=O) groups is 2. The Morgan fingerprint density at radius 3 is 2.41 bits per heavy atom. The monoisotopic (exact) mass is 371 g/mol. The van der Waals surface area contributed by atoms with Crippen LogP contribution in [0.2, 0.25) is 0 Å². The van der Waals surface area contributed by atoms with Crippen LogP contribution in [0.4, 0.5) is 4.79 Å². The number of nitrogens with zero attached hydrogens (tertiary/aromatic N) is 2. The van der Waals surface area contributed by atoms with E-state index in [-0.39, 0.29) is 48.0 Å². The van der Waals surface area contributed by atoms with Crippen LogP contribution in [0.3, 0.4) is 0 Å². The van der Waals surface area contributed by atoms with Crippen LogP contribution in [0.1, 0.15) is 44.6 Å². The Labute approximate surface area is 160 Å². The molecule has 0 bridgehead atoms. The highest BCUT2D eigenvalue weighted by Crippen LogP contribution is 2.55. The van der Waals surface area contributed by atoms with E-state index >= 15 is 0 Å². The Morgan fingerprint density at radius 2 is 1.89 bits per heavy atom. The van der Waals surface area contributed by atoms with Crippen LogP contribution < -0.4 is 5.32 Å². The number of nitrogens with one attached hydrogen (secondary N) is 1. The minimum Gasteiger partial charge on any atom is -0.394 e. The standard InChI is InChI=1S/C21H29N3O3/c1-14(2)22-20(27)23-12-21(13-23)18(15-7-4-3-5-8-15)17(11-25)24(21)19(26)16-9-6-10-16/h3-5,7-8,14,16-18,25H,6,9-13H2,1-2H3,(H,22,27)/t17-,18-/m1/s1. The van der Waals surface area contributed by atoms with Gasteiger partial charge in [0.2, 0.25) is 5.91 Å². The lowest BCUT2D eigenvalue weighted by Crippen LogP contribution is -2.86. The molecule has 0 radical (unpaired) electrons. The molecule has 1 spiro atoms. The summed E-state index contributed by atoms with van der Waals surface area (Å²) in [6.07, 6.45) is 2.99. The van der Waals surface area contributed by atoms with Gasteiger partial charge in [-0.1, -0.05) is 36.8 Å². The van der Waals surface area contributed by atoms with Crippen molar-refractivity contribution in [3.8, 4) is 0 Å². The van der Waals surface area contributed by atoms with E-state index in [0.29, 0.717) is 13.1 Å². The summed E-state index contributed by atoms with van der Waals surface area (Å²) in [5, 5.41) is 13.0. The highest BCUT2D eigenvalue weighted by molar-refractivity contribution is 5.84. The van der Waals surface area contributed by atoms with Crippen molar-refractivity contribution in [1.29, 1.82) is 0 Å². The number of hydrogen-bond acceptors (Lipinski definition) is 3. The summed E-state index contributed by atoms with van der Waals surface area (Å²) in [6, 6.07) is 9.91. The Morgan fingerprint density at radius 1 is 1.22 bits per heavy atom. The van der Waals surface area contributed by atoms with E-state index < -0.39 is 0 Å². The third-order valence-corrected chi connectivity index (χ3v) is 6.44. The first kappa shape index (κ1) is 18.3. The molecular formula is C21H29N3O3. The number of amides is 3. The number of aliphatic hydroxyl groups is 1. The molecule has 2 saturated heterocycles. The van der Waals surface area contributed by atoms with Gasteiger partial charge in [0.1, 0.15) is 0 Å². The third-order valence-electron chi connectivity index (χ3n) is 6.44. The fraction of sp³-hybridized carbons (Fsp3) is 0.619. The predicted molar refractivity (Wildman–Crippen MR) is 102 cm³/mol. The maximum absolute atomic E-state index is 13.1. The van der Waals surface area contributed by atoms with Crippen molar-refractivity contribution in [1.82, 2.24) is 15.1 Å². The zero-order valence-corrected chi connectivity index (χ0v) is 16.1. The lowest BCUT2D eigenvalue weighted by molar-refractivity contribution is -0.199. The lowest BCUT2D eigenvalue weighted by atomic mass is 9.60. The number of hydrogen-bond donors (Lipinski definition) is 2. The molecule has 2 atom stereocenters. The second kappa shape index (κ2) is 6.82. The Bertz CT molecular complexity index is 711. The maximum Gasteiger partial charge on any atom is 0.317 e. The Hall–Kier alpha value is -2.08. The third kappa shape index (κ3) is 2.81. The van der Waals surface area contributed by atoms with E-state index in [4.69, 9.17) is 0 Å². The summed E-state index contributed by atoms with van der Waals surface area (Å²) in [6.45, 7) is 4.90. The van der Waals surface area contributed by atoms with Gasteiger partial charge in [-0.3, -0.25) is 4.79 Å². The van der Waals surface area contributed by atoms with Gasteiger partial charge in [-0.25, -0.2) is 4.79 Å². The van der Waals surface area contributed by atoms with E-state index in [0.717, 1.165) is 24.8 Å². The molecule has 2 N–H and O–H groups in total. The zero-order valence-electron chi connectivity index (χ0n) is 16.1. The van der Waals surface area contributed by atoms with Crippen molar-refractivity contribution in [2.75, 3.05) is 19.7 Å². The molecule has 1 aliphatic carbocycles. The summed E-state index contributed by atoms with van der Waals surface area (Å²) < 4.78 is 0. The first-order valence-electron chi connectivity index (χ1n) is 10.0. The molecule has 2 aliphatic heterocycles. The van der Waals surface area contributed by atoms with Gasteiger partial charge in [-0.15, -0.1) is 0 Å². The van der Waals surface area contributed by atoms with E-state index in [1.807, 2.05) is 36.9 Å². The van der Waals surface area contributed by atoms with Crippen LogP contribution in [0.25, 0.3) is 0 Å². The van der Waals surface area contributed by atoms with Gasteiger partial charge >= 0.3 is 6.03 Å². The van der Waals surface area contributed by atoms with Crippen LogP contribution in [-0.2, 0) is 4.79 Å². The number of likely N-dealkylation sites (tertiary alicyclic amines) is 2. The Balaban J connectivity index is 1.59. The first-order chi connectivity index (χ1) is 13.0. The second-order valence-corrected chi connectivity index (χ2v) is 8.54. The van der Waals surface area contributed by atoms with Gasteiger partial charge < -0.3 is 20.2 Å². The van der Waals surface area contributed by atoms with Gasteiger partial charge in [-0.05, 0) is 32.3 Å². The normalized spacial score (nSPS) is 26.4. The molecule has 6 nitrogen and oxygen atoms in total. The van der Waals surface area contributed by atoms with Gasteiger partial charge in [0.25, 0.3) is 0 Å². The molecule has 3 amide bonds. The average molecular weight is 371 g/mol. The van der Waals surface area contributed by atoms with Crippen molar-refractivity contribution >= 4 is 11.9 Å². The Kier molecular flexibility index (Phi) is 4.62. The second-order valence-electron chi connectivity index (χ2n) is 8.54. The van der Waals surface area contributed by atoms with E-state index in [2.05, 4.69) is 17.4 Å². The lowest BCUT2D eigenvalue weighted by Gasteiger charge is -2.71. The van der Waals surface area contributed by atoms with Crippen molar-refractivity contribution in [3.63, 3.8) is 0 Å². The van der Waals surface area contributed by atoms with E-state index in [9.17, 15) is 14.7 Å². The highest BCUT2D eigenvalue weighted by atomic mass is 16.3. The zero-order chi connectivity index (χ0) is 19.2. The SMILES string of the molecule is CC(C)NC(=O)N1CC2(C1)[C@H](c1ccccc1)[C@@H](CO)N2C(=O)C1CCC1. The maximum atomic E-state index is 13.1. The summed E-state index contributed by atoms with van der Waals surface area (Å²) in [5.74, 6) is 0.318. The van der Waals surface area contributed by atoms with Crippen LogP contribution in [0.15, 0.2) is 30.3 Å². The topological polar surface area (TPSA) is 72.9 Å². The quantitative estimate of drug-likeness (QED) is 0.850. The summed E-state index contributed by atoms with van der Waals surface area (Å²) in [4.78, 5) is 29.2.